The Labute approximate surface area is 129 Å². The SMILES string of the molecule is O=C1CC(c2cn(Cc3ccccc3)c3ccccc23)CN1. The second-order valence-corrected chi connectivity index (χ2v) is 5.92. The molecule has 110 valence electrons. The van der Waals surface area contributed by atoms with Gasteiger partial charge in [0, 0.05) is 42.5 Å². The molecule has 1 aliphatic heterocycles. The van der Waals surface area contributed by atoms with E-state index in [9.17, 15) is 4.79 Å². The van der Waals surface area contributed by atoms with Crippen LogP contribution in [0.25, 0.3) is 10.9 Å². The molecule has 3 heteroatoms. The van der Waals surface area contributed by atoms with Gasteiger partial charge in [-0.25, -0.2) is 0 Å². The van der Waals surface area contributed by atoms with Crippen LogP contribution in [-0.2, 0) is 11.3 Å². The van der Waals surface area contributed by atoms with Crippen LogP contribution >= 0.6 is 0 Å². The van der Waals surface area contributed by atoms with E-state index in [1.807, 2.05) is 6.07 Å². The summed E-state index contributed by atoms with van der Waals surface area (Å²) in [4.78, 5) is 11.5. The van der Waals surface area contributed by atoms with Gasteiger partial charge in [0.15, 0.2) is 0 Å². The fourth-order valence-electron chi connectivity index (χ4n) is 3.34. The van der Waals surface area contributed by atoms with Crippen LogP contribution in [0.5, 0.6) is 0 Å². The molecule has 1 saturated heterocycles. The Bertz CT molecular complexity index is 820. The molecule has 1 aliphatic rings. The number of carbonyl (C=O) groups is 1. The van der Waals surface area contributed by atoms with Crippen LogP contribution in [0, 0.1) is 0 Å². The van der Waals surface area contributed by atoms with Gasteiger partial charge in [0.05, 0.1) is 0 Å². The van der Waals surface area contributed by atoms with Crippen LogP contribution in [0.15, 0.2) is 60.8 Å². The summed E-state index contributed by atoms with van der Waals surface area (Å²) in [6, 6.07) is 18.9. The van der Waals surface area contributed by atoms with Gasteiger partial charge in [-0.15, -0.1) is 0 Å². The lowest BCUT2D eigenvalue weighted by Crippen LogP contribution is -2.13. The second kappa shape index (κ2) is 5.34. The van der Waals surface area contributed by atoms with Crippen molar-refractivity contribution in [3.8, 4) is 0 Å². The van der Waals surface area contributed by atoms with E-state index in [0.717, 1.165) is 13.1 Å². The monoisotopic (exact) mass is 290 g/mol. The molecule has 3 aromatic rings. The van der Waals surface area contributed by atoms with Gasteiger partial charge in [-0.2, -0.15) is 0 Å². The summed E-state index contributed by atoms with van der Waals surface area (Å²) in [5, 5.41) is 4.21. The minimum absolute atomic E-state index is 0.157. The Morgan fingerprint density at radius 3 is 2.59 bits per heavy atom. The number of carbonyl (C=O) groups excluding carboxylic acids is 1. The molecular formula is C19H18N2O. The Morgan fingerprint density at radius 1 is 1.05 bits per heavy atom. The first-order chi connectivity index (χ1) is 10.8. The first kappa shape index (κ1) is 13.1. The highest BCUT2D eigenvalue weighted by Gasteiger charge is 2.26. The van der Waals surface area contributed by atoms with E-state index in [4.69, 9.17) is 0 Å². The Balaban J connectivity index is 1.77. The second-order valence-electron chi connectivity index (χ2n) is 5.92. The maximum atomic E-state index is 11.5. The molecule has 1 fully saturated rings. The number of benzene rings is 2. The predicted octanol–water partition coefficient (Wildman–Crippen LogP) is 3.29. The maximum Gasteiger partial charge on any atom is 0.220 e. The molecule has 2 heterocycles. The Kier molecular flexibility index (Phi) is 3.19. The van der Waals surface area contributed by atoms with Crippen molar-refractivity contribution >= 4 is 16.8 Å². The summed E-state index contributed by atoms with van der Waals surface area (Å²) in [6.07, 6.45) is 2.82. The molecule has 0 bridgehead atoms. The lowest BCUT2D eigenvalue weighted by Gasteiger charge is -2.05. The minimum Gasteiger partial charge on any atom is -0.355 e. The highest BCUT2D eigenvalue weighted by atomic mass is 16.1. The number of amides is 1. The summed E-state index contributed by atoms with van der Waals surface area (Å²) in [7, 11) is 0. The zero-order chi connectivity index (χ0) is 14.9. The molecule has 0 aliphatic carbocycles. The minimum atomic E-state index is 0.157. The van der Waals surface area contributed by atoms with Gasteiger partial charge in [-0.3, -0.25) is 4.79 Å². The van der Waals surface area contributed by atoms with Gasteiger partial charge in [0.1, 0.15) is 0 Å². The zero-order valence-corrected chi connectivity index (χ0v) is 12.3. The van der Waals surface area contributed by atoms with Crippen molar-refractivity contribution in [2.24, 2.45) is 0 Å². The maximum absolute atomic E-state index is 11.5. The Morgan fingerprint density at radius 2 is 1.82 bits per heavy atom. The molecule has 22 heavy (non-hydrogen) atoms. The molecule has 1 amide bonds. The van der Waals surface area contributed by atoms with E-state index >= 15 is 0 Å². The van der Waals surface area contributed by atoms with Crippen molar-refractivity contribution in [2.45, 2.75) is 18.9 Å². The summed E-state index contributed by atoms with van der Waals surface area (Å²) in [5.41, 5.74) is 3.81. The van der Waals surface area contributed by atoms with Gasteiger partial charge in [0.25, 0.3) is 0 Å². The lowest BCUT2D eigenvalue weighted by atomic mass is 9.98. The molecule has 0 saturated carbocycles. The molecule has 1 unspecified atom stereocenters. The third-order valence-electron chi connectivity index (χ3n) is 4.43. The van der Waals surface area contributed by atoms with Crippen LogP contribution in [0.1, 0.15) is 23.5 Å². The van der Waals surface area contributed by atoms with Gasteiger partial charge in [-0.05, 0) is 17.2 Å². The first-order valence-electron chi connectivity index (χ1n) is 7.69. The van der Waals surface area contributed by atoms with E-state index < -0.39 is 0 Å². The lowest BCUT2D eigenvalue weighted by molar-refractivity contribution is -0.119. The third kappa shape index (κ3) is 2.29. The van der Waals surface area contributed by atoms with E-state index in [0.29, 0.717) is 6.42 Å². The molecular weight excluding hydrogens is 272 g/mol. The van der Waals surface area contributed by atoms with Crippen LogP contribution in [0.3, 0.4) is 0 Å². The van der Waals surface area contributed by atoms with Crippen molar-refractivity contribution in [3.05, 3.63) is 71.9 Å². The van der Waals surface area contributed by atoms with E-state index in [1.54, 1.807) is 0 Å². The Hall–Kier alpha value is -2.55. The number of hydrogen-bond acceptors (Lipinski definition) is 1. The number of nitrogens with zero attached hydrogens (tertiary/aromatic N) is 1. The third-order valence-corrected chi connectivity index (χ3v) is 4.43. The van der Waals surface area contributed by atoms with Gasteiger partial charge >= 0.3 is 0 Å². The number of fused-ring (bicyclic) bond motifs is 1. The quantitative estimate of drug-likeness (QED) is 0.789. The van der Waals surface area contributed by atoms with E-state index in [2.05, 4.69) is 64.6 Å². The van der Waals surface area contributed by atoms with Crippen LogP contribution in [0.2, 0.25) is 0 Å². The number of hydrogen-bond donors (Lipinski definition) is 1. The van der Waals surface area contributed by atoms with Crippen LogP contribution < -0.4 is 5.32 Å². The van der Waals surface area contributed by atoms with E-state index in [-0.39, 0.29) is 11.8 Å². The molecule has 1 atom stereocenters. The fraction of sp³-hybridized carbons (Fsp3) is 0.211. The van der Waals surface area contributed by atoms with Gasteiger partial charge in [-0.1, -0.05) is 48.5 Å². The molecule has 0 spiro atoms. The van der Waals surface area contributed by atoms with Crippen LogP contribution in [0.4, 0.5) is 0 Å². The summed E-state index contributed by atoms with van der Waals surface area (Å²) < 4.78 is 2.29. The van der Waals surface area contributed by atoms with Gasteiger partial charge < -0.3 is 9.88 Å². The largest absolute Gasteiger partial charge is 0.355 e. The molecule has 0 radical (unpaired) electrons. The molecule has 1 N–H and O–H groups in total. The average molecular weight is 290 g/mol. The highest BCUT2D eigenvalue weighted by molar-refractivity contribution is 5.87. The topological polar surface area (TPSA) is 34.0 Å². The summed E-state index contributed by atoms with van der Waals surface area (Å²) in [5.74, 6) is 0.444. The van der Waals surface area contributed by atoms with Gasteiger partial charge in [0.2, 0.25) is 5.91 Å². The van der Waals surface area contributed by atoms with Crippen LogP contribution in [-0.4, -0.2) is 17.0 Å². The summed E-state index contributed by atoms with van der Waals surface area (Å²) >= 11 is 0. The standard InChI is InChI=1S/C19H18N2O/c22-19-10-15(11-20-19)17-13-21(12-14-6-2-1-3-7-14)18-9-5-4-8-16(17)18/h1-9,13,15H,10-12H2,(H,20,22). The number of aromatic nitrogens is 1. The highest BCUT2D eigenvalue weighted by Crippen LogP contribution is 2.32. The average Bonchev–Trinajstić information content (AvgIpc) is 3.13. The number of rotatable bonds is 3. The van der Waals surface area contributed by atoms with Crippen molar-refractivity contribution in [1.82, 2.24) is 9.88 Å². The summed E-state index contributed by atoms with van der Waals surface area (Å²) in [6.45, 7) is 1.60. The number of para-hydroxylation sites is 1. The molecule has 3 nitrogen and oxygen atoms in total. The van der Waals surface area contributed by atoms with Crippen molar-refractivity contribution < 1.29 is 4.79 Å². The zero-order valence-electron chi connectivity index (χ0n) is 12.3. The fourth-order valence-corrected chi connectivity index (χ4v) is 3.34. The van der Waals surface area contributed by atoms with Crippen molar-refractivity contribution in [1.29, 1.82) is 0 Å². The normalized spacial score (nSPS) is 17.8. The van der Waals surface area contributed by atoms with Crippen molar-refractivity contribution in [3.63, 3.8) is 0 Å². The molecule has 4 rings (SSSR count). The molecule has 2 aromatic carbocycles. The van der Waals surface area contributed by atoms with E-state index in [1.165, 1.54) is 22.0 Å². The number of nitrogens with one attached hydrogen (secondary N) is 1. The smallest absolute Gasteiger partial charge is 0.220 e. The predicted molar refractivity (Wildman–Crippen MR) is 87.8 cm³/mol. The first-order valence-corrected chi connectivity index (χ1v) is 7.69. The molecule has 1 aromatic heterocycles. The van der Waals surface area contributed by atoms with Crippen molar-refractivity contribution in [2.75, 3.05) is 6.54 Å².